The predicted octanol–water partition coefficient (Wildman–Crippen LogP) is 3.03. The third-order valence-corrected chi connectivity index (χ3v) is 6.54. The van der Waals surface area contributed by atoms with Gasteiger partial charge in [0, 0.05) is 45.0 Å². The summed E-state index contributed by atoms with van der Waals surface area (Å²) in [5.74, 6) is 0.806. The molecule has 5 heteroatoms. The average Bonchev–Trinajstić information content (AvgIpc) is 3.14. The Kier molecular flexibility index (Phi) is 8.71. The number of likely N-dealkylation sites (tertiary alicyclic amines) is 2. The van der Waals surface area contributed by atoms with Crippen molar-refractivity contribution in [1.82, 2.24) is 19.7 Å². The standard InChI is InChI=1S/C23H40N4O/c1-4-27-12-6-9-23(27)19-26(18-22-8-5-7-20(2)24-22)17-21-10-13-25(14-11-21)15-16-28-3/h5,7-8,21,23H,4,6,9-19H2,1-3H3. The third-order valence-electron chi connectivity index (χ3n) is 6.54. The van der Waals surface area contributed by atoms with Crippen molar-refractivity contribution in [2.75, 3.05) is 59.5 Å². The van der Waals surface area contributed by atoms with Crippen molar-refractivity contribution < 1.29 is 4.74 Å². The van der Waals surface area contributed by atoms with Crippen molar-refractivity contribution >= 4 is 0 Å². The molecule has 0 saturated carbocycles. The molecule has 1 atom stereocenters. The van der Waals surface area contributed by atoms with E-state index in [0.717, 1.165) is 37.4 Å². The van der Waals surface area contributed by atoms with Gasteiger partial charge in [-0.05, 0) is 76.8 Å². The van der Waals surface area contributed by atoms with E-state index in [1.807, 2.05) is 0 Å². The van der Waals surface area contributed by atoms with Crippen LogP contribution in [0.25, 0.3) is 0 Å². The molecule has 0 aliphatic carbocycles. The number of rotatable bonds is 10. The fourth-order valence-electron chi connectivity index (χ4n) is 4.91. The van der Waals surface area contributed by atoms with E-state index in [1.165, 1.54) is 70.6 Å². The largest absolute Gasteiger partial charge is 0.383 e. The summed E-state index contributed by atoms with van der Waals surface area (Å²) >= 11 is 0. The maximum Gasteiger partial charge on any atom is 0.0589 e. The van der Waals surface area contributed by atoms with Crippen molar-refractivity contribution in [3.8, 4) is 0 Å². The van der Waals surface area contributed by atoms with Crippen LogP contribution in [0.2, 0.25) is 0 Å². The van der Waals surface area contributed by atoms with E-state index in [0.29, 0.717) is 0 Å². The maximum atomic E-state index is 5.25. The van der Waals surface area contributed by atoms with E-state index in [1.54, 1.807) is 7.11 Å². The maximum absolute atomic E-state index is 5.25. The highest BCUT2D eigenvalue weighted by molar-refractivity contribution is 5.10. The SMILES string of the molecule is CCN1CCCC1CN(Cc1cccc(C)n1)CC1CCN(CCOC)CC1. The minimum atomic E-state index is 0.719. The first-order chi connectivity index (χ1) is 13.7. The zero-order valence-corrected chi connectivity index (χ0v) is 18.3. The summed E-state index contributed by atoms with van der Waals surface area (Å²) in [7, 11) is 1.80. The topological polar surface area (TPSA) is 31.8 Å². The van der Waals surface area contributed by atoms with Gasteiger partial charge in [-0.15, -0.1) is 0 Å². The molecule has 0 radical (unpaired) electrons. The molecule has 1 aromatic heterocycles. The fourth-order valence-corrected chi connectivity index (χ4v) is 4.91. The second-order valence-electron chi connectivity index (χ2n) is 8.67. The molecule has 2 aliphatic rings. The minimum Gasteiger partial charge on any atom is -0.383 e. The Morgan fingerprint density at radius 2 is 1.96 bits per heavy atom. The molecule has 0 amide bonds. The number of aryl methyl sites for hydroxylation is 1. The van der Waals surface area contributed by atoms with Gasteiger partial charge in [0.1, 0.15) is 0 Å². The Balaban J connectivity index is 1.58. The van der Waals surface area contributed by atoms with E-state index in [-0.39, 0.29) is 0 Å². The van der Waals surface area contributed by atoms with Crippen LogP contribution in [0.1, 0.15) is 44.0 Å². The second kappa shape index (κ2) is 11.2. The van der Waals surface area contributed by atoms with Crippen molar-refractivity contribution in [3.05, 3.63) is 29.6 Å². The average molecular weight is 389 g/mol. The van der Waals surface area contributed by atoms with Crippen LogP contribution < -0.4 is 0 Å². The van der Waals surface area contributed by atoms with E-state index in [2.05, 4.69) is 46.7 Å². The van der Waals surface area contributed by atoms with Gasteiger partial charge in [0.05, 0.1) is 12.3 Å². The zero-order valence-electron chi connectivity index (χ0n) is 18.3. The smallest absolute Gasteiger partial charge is 0.0589 e. The highest BCUT2D eigenvalue weighted by Crippen LogP contribution is 2.22. The first-order valence-corrected chi connectivity index (χ1v) is 11.3. The molecule has 3 heterocycles. The molecule has 2 saturated heterocycles. The molecule has 2 aliphatic heterocycles. The van der Waals surface area contributed by atoms with Gasteiger partial charge in [0.25, 0.3) is 0 Å². The second-order valence-corrected chi connectivity index (χ2v) is 8.67. The highest BCUT2D eigenvalue weighted by Gasteiger charge is 2.27. The molecule has 158 valence electrons. The van der Waals surface area contributed by atoms with Gasteiger partial charge >= 0.3 is 0 Å². The number of piperidine rings is 1. The number of hydrogen-bond donors (Lipinski definition) is 0. The van der Waals surface area contributed by atoms with Crippen LogP contribution in [0.5, 0.6) is 0 Å². The zero-order chi connectivity index (χ0) is 19.8. The van der Waals surface area contributed by atoms with Crippen molar-refractivity contribution in [2.45, 2.75) is 52.1 Å². The summed E-state index contributed by atoms with van der Waals surface area (Å²) in [6.07, 6.45) is 5.32. The Hall–Kier alpha value is -1.01. The van der Waals surface area contributed by atoms with Gasteiger partial charge in [0.2, 0.25) is 0 Å². The van der Waals surface area contributed by atoms with Gasteiger partial charge in [-0.25, -0.2) is 0 Å². The number of hydrogen-bond acceptors (Lipinski definition) is 5. The van der Waals surface area contributed by atoms with Gasteiger partial charge in [-0.1, -0.05) is 13.0 Å². The van der Waals surface area contributed by atoms with E-state index in [9.17, 15) is 0 Å². The molecule has 3 rings (SSSR count). The van der Waals surface area contributed by atoms with Crippen molar-refractivity contribution in [2.24, 2.45) is 5.92 Å². The van der Waals surface area contributed by atoms with Crippen molar-refractivity contribution in [1.29, 1.82) is 0 Å². The third kappa shape index (κ3) is 6.51. The Bertz CT molecular complexity index is 573. The van der Waals surface area contributed by atoms with Gasteiger partial charge in [-0.2, -0.15) is 0 Å². The van der Waals surface area contributed by atoms with Gasteiger partial charge < -0.3 is 9.64 Å². The minimum absolute atomic E-state index is 0.719. The molecular weight excluding hydrogens is 348 g/mol. The summed E-state index contributed by atoms with van der Waals surface area (Å²) in [6, 6.07) is 7.16. The van der Waals surface area contributed by atoms with E-state index >= 15 is 0 Å². The number of likely N-dealkylation sites (N-methyl/N-ethyl adjacent to an activating group) is 1. The molecule has 0 aromatic carbocycles. The number of nitrogens with zero attached hydrogens (tertiary/aromatic N) is 4. The van der Waals surface area contributed by atoms with Crippen LogP contribution in [0.4, 0.5) is 0 Å². The molecule has 28 heavy (non-hydrogen) atoms. The predicted molar refractivity (Wildman–Crippen MR) is 116 cm³/mol. The van der Waals surface area contributed by atoms with Crippen LogP contribution in [0, 0.1) is 12.8 Å². The molecular formula is C23H40N4O. The molecule has 1 unspecified atom stereocenters. The van der Waals surface area contributed by atoms with Crippen LogP contribution in [-0.2, 0) is 11.3 Å². The summed E-state index contributed by atoms with van der Waals surface area (Å²) in [4.78, 5) is 12.7. The molecule has 5 nitrogen and oxygen atoms in total. The van der Waals surface area contributed by atoms with Crippen LogP contribution in [-0.4, -0.2) is 85.3 Å². The number of methoxy groups -OCH3 is 1. The lowest BCUT2D eigenvalue weighted by atomic mass is 9.95. The first kappa shape index (κ1) is 21.7. The Morgan fingerprint density at radius 1 is 1.14 bits per heavy atom. The number of aromatic nitrogens is 1. The Morgan fingerprint density at radius 3 is 2.68 bits per heavy atom. The fraction of sp³-hybridized carbons (Fsp3) is 0.783. The molecule has 2 fully saturated rings. The van der Waals surface area contributed by atoms with Crippen LogP contribution in [0.15, 0.2) is 18.2 Å². The quantitative estimate of drug-likeness (QED) is 0.615. The summed E-state index contributed by atoms with van der Waals surface area (Å²) in [5, 5.41) is 0. The monoisotopic (exact) mass is 388 g/mol. The molecule has 0 spiro atoms. The van der Waals surface area contributed by atoms with E-state index in [4.69, 9.17) is 9.72 Å². The molecule has 1 aromatic rings. The normalized spacial score (nSPS) is 22.4. The summed E-state index contributed by atoms with van der Waals surface area (Å²) in [6.45, 7) is 14.6. The van der Waals surface area contributed by atoms with Gasteiger partial charge in [-0.3, -0.25) is 14.8 Å². The van der Waals surface area contributed by atoms with E-state index < -0.39 is 0 Å². The lowest BCUT2D eigenvalue weighted by molar-refractivity contribution is 0.0960. The summed E-state index contributed by atoms with van der Waals surface area (Å²) < 4.78 is 5.25. The molecule has 0 bridgehead atoms. The molecule has 0 N–H and O–H groups in total. The number of ether oxygens (including phenoxy) is 1. The number of pyridine rings is 1. The first-order valence-electron chi connectivity index (χ1n) is 11.3. The van der Waals surface area contributed by atoms with Crippen molar-refractivity contribution in [3.63, 3.8) is 0 Å². The lowest BCUT2D eigenvalue weighted by Crippen LogP contribution is -2.44. The van der Waals surface area contributed by atoms with Gasteiger partial charge in [0.15, 0.2) is 0 Å². The Labute approximate surface area is 172 Å². The highest BCUT2D eigenvalue weighted by atomic mass is 16.5. The summed E-state index contributed by atoms with van der Waals surface area (Å²) in [5.41, 5.74) is 2.35. The van der Waals surface area contributed by atoms with Crippen LogP contribution >= 0.6 is 0 Å². The lowest BCUT2D eigenvalue weighted by Gasteiger charge is -2.36. The van der Waals surface area contributed by atoms with Crippen LogP contribution in [0.3, 0.4) is 0 Å².